The normalized spacial score (nSPS) is 16.2. The Bertz CT molecular complexity index is 1090. The SMILES string of the molecule is Clc1ccc(C(c2ccccc2)C2CCN(Cc3ccc(-n4cccc4)cc3)CC2)cc1. The number of hydrogen-bond acceptors (Lipinski definition) is 1. The van der Waals surface area contributed by atoms with Crippen molar-refractivity contribution < 1.29 is 0 Å². The molecule has 1 aromatic heterocycles. The largest absolute Gasteiger partial charge is 0.324 e. The predicted molar refractivity (Wildman–Crippen MR) is 134 cm³/mol. The molecule has 1 saturated heterocycles. The first-order valence-corrected chi connectivity index (χ1v) is 11.9. The standard InChI is InChI=1S/C29H29ClN2/c30-27-12-10-25(11-13-27)29(24-6-2-1-3-7-24)26-16-20-31(21-17-26)22-23-8-14-28(15-9-23)32-18-4-5-19-32/h1-15,18-19,26,29H,16-17,20-22H2. The third-order valence-corrected chi connectivity index (χ3v) is 6.99. The third-order valence-electron chi connectivity index (χ3n) is 6.74. The molecule has 1 atom stereocenters. The van der Waals surface area contributed by atoms with Crippen LogP contribution < -0.4 is 0 Å². The summed E-state index contributed by atoms with van der Waals surface area (Å²) in [7, 11) is 0. The molecular formula is C29H29ClN2. The molecule has 0 amide bonds. The maximum Gasteiger partial charge on any atom is 0.0449 e. The van der Waals surface area contributed by atoms with Gasteiger partial charge in [0.25, 0.3) is 0 Å². The molecule has 2 heterocycles. The molecule has 1 unspecified atom stereocenters. The molecule has 0 spiro atoms. The van der Waals surface area contributed by atoms with Gasteiger partial charge in [-0.1, -0.05) is 66.2 Å². The summed E-state index contributed by atoms with van der Waals surface area (Å²) in [4.78, 5) is 2.60. The summed E-state index contributed by atoms with van der Waals surface area (Å²) >= 11 is 6.17. The molecule has 4 aromatic rings. The fourth-order valence-electron chi connectivity index (χ4n) is 5.05. The van der Waals surface area contributed by atoms with Gasteiger partial charge in [0.1, 0.15) is 0 Å². The molecule has 5 rings (SSSR count). The van der Waals surface area contributed by atoms with Crippen LogP contribution in [0.4, 0.5) is 0 Å². The maximum atomic E-state index is 6.17. The fraction of sp³-hybridized carbons (Fsp3) is 0.241. The molecule has 0 radical (unpaired) electrons. The molecule has 0 N–H and O–H groups in total. The Labute approximate surface area is 196 Å². The van der Waals surface area contributed by atoms with Crippen molar-refractivity contribution in [1.82, 2.24) is 9.47 Å². The van der Waals surface area contributed by atoms with Crippen LogP contribution >= 0.6 is 11.6 Å². The maximum absolute atomic E-state index is 6.17. The van der Waals surface area contributed by atoms with Crippen molar-refractivity contribution in [2.75, 3.05) is 13.1 Å². The van der Waals surface area contributed by atoms with Gasteiger partial charge in [-0.2, -0.15) is 0 Å². The van der Waals surface area contributed by atoms with E-state index in [1.54, 1.807) is 0 Å². The van der Waals surface area contributed by atoms with E-state index in [0.29, 0.717) is 11.8 Å². The minimum Gasteiger partial charge on any atom is -0.324 e. The van der Waals surface area contributed by atoms with Gasteiger partial charge in [-0.05, 0) is 84.9 Å². The van der Waals surface area contributed by atoms with Gasteiger partial charge in [0.15, 0.2) is 0 Å². The van der Waals surface area contributed by atoms with Crippen LogP contribution in [0.3, 0.4) is 0 Å². The number of aromatic nitrogens is 1. The number of likely N-dealkylation sites (tertiary alicyclic amines) is 1. The number of hydrogen-bond donors (Lipinski definition) is 0. The zero-order valence-electron chi connectivity index (χ0n) is 18.3. The van der Waals surface area contributed by atoms with E-state index in [1.165, 1.54) is 35.2 Å². The van der Waals surface area contributed by atoms with Crippen molar-refractivity contribution in [3.05, 3.63) is 125 Å². The van der Waals surface area contributed by atoms with Gasteiger partial charge in [0.2, 0.25) is 0 Å². The number of benzene rings is 3. The summed E-state index contributed by atoms with van der Waals surface area (Å²) in [6.07, 6.45) is 6.60. The Morgan fingerprint density at radius 2 is 1.34 bits per heavy atom. The Balaban J connectivity index is 1.25. The number of nitrogens with zero attached hydrogens (tertiary/aromatic N) is 2. The third kappa shape index (κ3) is 4.82. The van der Waals surface area contributed by atoms with Crippen molar-refractivity contribution in [1.29, 1.82) is 0 Å². The number of halogens is 1. The first-order valence-electron chi connectivity index (χ1n) is 11.5. The van der Waals surface area contributed by atoms with E-state index < -0.39 is 0 Å². The van der Waals surface area contributed by atoms with Crippen LogP contribution in [0.5, 0.6) is 0 Å². The lowest BCUT2D eigenvalue weighted by Crippen LogP contribution is -2.35. The van der Waals surface area contributed by atoms with Gasteiger partial charge in [-0.3, -0.25) is 4.90 Å². The van der Waals surface area contributed by atoms with Crippen molar-refractivity contribution >= 4 is 11.6 Å². The van der Waals surface area contributed by atoms with Crippen LogP contribution in [-0.4, -0.2) is 22.6 Å². The summed E-state index contributed by atoms with van der Waals surface area (Å²) in [6.45, 7) is 3.30. The van der Waals surface area contributed by atoms with E-state index >= 15 is 0 Å². The molecule has 0 bridgehead atoms. The second-order valence-electron chi connectivity index (χ2n) is 8.81. The Kier molecular flexibility index (Phi) is 6.43. The van der Waals surface area contributed by atoms with Crippen molar-refractivity contribution in [3.8, 4) is 5.69 Å². The number of rotatable bonds is 6. The molecular weight excluding hydrogens is 412 g/mol. The molecule has 3 heteroatoms. The molecule has 0 aliphatic carbocycles. The van der Waals surface area contributed by atoms with Crippen LogP contribution in [0.15, 0.2) is 103 Å². The molecule has 32 heavy (non-hydrogen) atoms. The van der Waals surface area contributed by atoms with Gasteiger partial charge in [-0.15, -0.1) is 0 Å². The Morgan fingerprint density at radius 1 is 0.719 bits per heavy atom. The first-order chi connectivity index (χ1) is 15.8. The second-order valence-corrected chi connectivity index (χ2v) is 9.25. The highest BCUT2D eigenvalue weighted by atomic mass is 35.5. The van der Waals surface area contributed by atoms with Gasteiger partial charge >= 0.3 is 0 Å². The van der Waals surface area contributed by atoms with E-state index in [4.69, 9.17) is 11.6 Å². The van der Waals surface area contributed by atoms with E-state index in [2.05, 4.69) is 101 Å². The van der Waals surface area contributed by atoms with E-state index in [9.17, 15) is 0 Å². The van der Waals surface area contributed by atoms with Crippen LogP contribution in [0, 0.1) is 5.92 Å². The second kappa shape index (κ2) is 9.77. The van der Waals surface area contributed by atoms with Crippen LogP contribution in [0.1, 0.15) is 35.4 Å². The molecule has 1 aliphatic heterocycles. The van der Waals surface area contributed by atoms with E-state index in [1.807, 2.05) is 12.1 Å². The predicted octanol–water partition coefficient (Wildman–Crippen LogP) is 7.17. The minimum atomic E-state index is 0.427. The highest BCUT2D eigenvalue weighted by Crippen LogP contribution is 2.38. The summed E-state index contributed by atoms with van der Waals surface area (Å²) in [5.41, 5.74) is 5.39. The highest BCUT2D eigenvalue weighted by molar-refractivity contribution is 6.30. The molecule has 2 nitrogen and oxygen atoms in total. The lowest BCUT2D eigenvalue weighted by atomic mass is 9.76. The highest BCUT2D eigenvalue weighted by Gasteiger charge is 2.28. The fourth-order valence-corrected chi connectivity index (χ4v) is 5.18. The molecule has 3 aromatic carbocycles. The molecule has 1 aliphatic rings. The van der Waals surface area contributed by atoms with Gasteiger partial charge < -0.3 is 4.57 Å². The average Bonchev–Trinajstić information content (AvgIpc) is 3.38. The van der Waals surface area contributed by atoms with Gasteiger partial charge in [-0.25, -0.2) is 0 Å². The van der Waals surface area contributed by atoms with Crippen molar-refractivity contribution in [2.45, 2.75) is 25.3 Å². The average molecular weight is 441 g/mol. The lowest BCUT2D eigenvalue weighted by molar-refractivity contribution is 0.168. The van der Waals surface area contributed by atoms with Crippen molar-refractivity contribution in [3.63, 3.8) is 0 Å². The smallest absolute Gasteiger partial charge is 0.0449 e. The summed E-state index contributed by atoms with van der Waals surface area (Å²) < 4.78 is 2.15. The Morgan fingerprint density at radius 3 is 2.00 bits per heavy atom. The zero-order chi connectivity index (χ0) is 21.8. The van der Waals surface area contributed by atoms with Crippen LogP contribution in [0.2, 0.25) is 5.02 Å². The minimum absolute atomic E-state index is 0.427. The molecule has 1 fully saturated rings. The molecule has 0 saturated carbocycles. The van der Waals surface area contributed by atoms with Crippen LogP contribution in [-0.2, 0) is 6.54 Å². The monoisotopic (exact) mass is 440 g/mol. The zero-order valence-corrected chi connectivity index (χ0v) is 19.0. The summed E-state index contributed by atoms with van der Waals surface area (Å²) in [5, 5.41) is 0.804. The lowest BCUT2D eigenvalue weighted by Gasteiger charge is -2.36. The summed E-state index contributed by atoms with van der Waals surface area (Å²) in [6, 6.07) is 32.5. The number of piperidine rings is 1. The van der Waals surface area contributed by atoms with E-state index in [-0.39, 0.29) is 0 Å². The van der Waals surface area contributed by atoms with Crippen molar-refractivity contribution in [2.24, 2.45) is 5.92 Å². The summed E-state index contributed by atoms with van der Waals surface area (Å²) in [5.74, 6) is 1.07. The Hall–Kier alpha value is -2.81. The van der Waals surface area contributed by atoms with E-state index in [0.717, 1.165) is 24.7 Å². The van der Waals surface area contributed by atoms with Gasteiger partial charge in [0, 0.05) is 35.6 Å². The topological polar surface area (TPSA) is 8.17 Å². The first kappa shape index (κ1) is 21.1. The molecule has 162 valence electrons. The van der Waals surface area contributed by atoms with Crippen LogP contribution in [0.25, 0.3) is 5.69 Å². The quantitative estimate of drug-likeness (QED) is 0.308. The van der Waals surface area contributed by atoms with Gasteiger partial charge in [0.05, 0.1) is 0 Å².